The van der Waals surface area contributed by atoms with Crippen LogP contribution >= 0.6 is 0 Å². The molecule has 106 valence electrons. The number of benzene rings is 1. The van der Waals surface area contributed by atoms with Crippen LogP contribution in [0.1, 0.15) is 31.2 Å². The molecule has 0 aromatic heterocycles. The van der Waals surface area contributed by atoms with E-state index in [2.05, 4.69) is 5.32 Å². The van der Waals surface area contributed by atoms with Gasteiger partial charge in [0.1, 0.15) is 5.75 Å². The van der Waals surface area contributed by atoms with Crippen molar-refractivity contribution in [3.8, 4) is 5.75 Å². The number of hydrogen-bond acceptors (Lipinski definition) is 2. The Hall–Kier alpha value is -1.23. The molecule has 2 rings (SSSR count). The number of ether oxygens (including phenoxy) is 1. The molecule has 0 aliphatic carbocycles. The zero-order valence-corrected chi connectivity index (χ0v) is 10.7. The molecule has 1 saturated heterocycles. The summed E-state index contributed by atoms with van der Waals surface area (Å²) in [5, 5.41) is 3.41. The Bertz CT molecular complexity index is 383. The van der Waals surface area contributed by atoms with Crippen LogP contribution < -0.4 is 10.1 Å². The van der Waals surface area contributed by atoms with Crippen LogP contribution in [-0.2, 0) is 6.18 Å². The van der Waals surface area contributed by atoms with E-state index < -0.39 is 11.7 Å². The summed E-state index contributed by atoms with van der Waals surface area (Å²) in [5.74, 6) is 0.490. The maximum absolute atomic E-state index is 12.4. The largest absolute Gasteiger partial charge is 0.494 e. The van der Waals surface area contributed by atoms with Gasteiger partial charge in [-0.2, -0.15) is 13.2 Å². The first-order chi connectivity index (χ1) is 9.05. The van der Waals surface area contributed by atoms with Crippen LogP contribution in [-0.4, -0.2) is 19.2 Å². The third kappa shape index (κ3) is 4.42. The first-order valence-corrected chi connectivity index (χ1v) is 6.59. The van der Waals surface area contributed by atoms with Crippen LogP contribution in [0.3, 0.4) is 0 Å². The molecule has 1 aromatic carbocycles. The second kappa shape index (κ2) is 6.28. The smallest absolute Gasteiger partial charge is 0.416 e. The van der Waals surface area contributed by atoms with Crippen molar-refractivity contribution in [1.29, 1.82) is 0 Å². The average molecular weight is 273 g/mol. The minimum Gasteiger partial charge on any atom is -0.494 e. The predicted molar refractivity (Wildman–Crippen MR) is 67.2 cm³/mol. The Morgan fingerprint density at radius 3 is 2.47 bits per heavy atom. The molecule has 1 aliphatic rings. The summed E-state index contributed by atoms with van der Waals surface area (Å²) in [6, 6.07) is 5.32. The zero-order valence-electron chi connectivity index (χ0n) is 10.7. The van der Waals surface area contributed by atoms with Crippen LogP contribution in [0.5, 0.6) is 5.75 Å². The summed E-state index contributed by atoms with van der Waals surface area (Å²) < 4.78 is 42.6. The van der Waals surface area contributed by atoms with E-state index in [1.54, 1.807) is 0 Å². The normalized spacial score (nSPS) is 20.3. The highest BCUT2D eigenvalue weighted by Crippen LogP contribution is 2.30. The van der Waals surface area contributed by atoms with Crippen molar-refractivity contribution in [2.45, 2.75) is 37.9 Å². The Kier molecular flexibility index (Phi) is 4.69. The molecule has 1 N–H and O–H groups in total. The van der Waals surface area contributed by atoms with Crippen LogP contribution in [0.4, 0.5) is 13.2 Å². The molecule has 0 radical (unpaired) electrons. The molecule has 0 saturated carbocycles. The second-order valence-electron chi connectivity index (χ2n) is 4.81. The van der Waals surface area contributed by atoms with Gasteiger partial charge in [0.05, 0.1) is 12.2 Å². The van der Waals surface area contributed by atoms with E-state index in [0.717, 1.165) is 31.5 Å². The van der Waals surface area contributed by atoms with E-state index in [1.165, 1.54) is 25.0 Å². The van der Waals surface area contributed by atoms with Crippen LogP contribution in [0.15, 0.2) is 24.3 Å². The van der Waals surface area contributed by atoms with Gasteiger partial charge in [-0.3, -0.25) is 0 Å². The molecule has 1 atom stereocenters. The SMILES string of the molecule is FC(F)(F)c1ccc(OCCC2CCCCN2)cc1. The summed E-state index contributed by atoms with van der Waals surface area (Å²) in [6.07, 6.45) is 0.205. The average Bonchev–Trinajstić information content (AvgIpc) is 2.39. The minimum absolute atomic E-state index is 0.475. The lowest BCUT2D eigenvalue weighted by atomic mass is 10.0. The van der Waals surface area contributed by atoms with E-state index in [1.807, 2.05) is 0 Å². The summed E-state index contributed by atoms with van der Waals surface area (Å²) in [5.41, 5.74) is -0.645. The lowest BCUT2D eigenvalue weighted by molar-refractivity contribution is -0.137. The Balaban J connectivity index is 1.76. The van der Waals surface area contributed by atoms with Crippen molar-refractivity contribution in [2.24, 2.45) is 0 Å². The molecule has 5 heteroatoms. The number of rotatable bonds is 4. The van der Waals surface area contributed by atoms with Gasteiger partial charge in [-0.1, -0.05) is 6.42 Å². The fraction of sp³-hybridized carbons (Fsp3) is 0.571. The van der Waals surface area contributed by atoms with Gasteiger partial charge < -0.3 is 10.1 Å². The predicted octanol–water partition coefficient (Wildman–Crippen LogP) is 3.62. The highest BCUT2D eigenvalue weighted by molar-refractivity contribution is 5.28. The maximum Gasteiger partial charge on any atom is 0.416 e. The Morgan fingerprint density at radius 2 is 1.89 bits per heavy atom. The van der Waals surface area contributed by atoms with E-state index in [9.17, 15) is 13.2 Å². The van der Waals surface area contributed by atoms with Gasteiger partial charge in [-0.15, -0.1) is 0 Å². The van der Waals surface area contributed by atoms with E-state index >= 15 is 0 Å². The van der Waals surface area contributed by atoms with Gasteiger partial charge in [-0.05, 0) is 50.1 Å². The second-order valence-corrected chi connectivity index (χ2v) is 4.81. The van der Waals surface area contributed by atoms with Gasteiger partial charge >= 0.3 is 6.18 Å². The zero-order chi connectivity index (χ0) is 13.7. The quantitative estimate of drug-likeness (QED) is 0.904. The van der Waals surface area contributed by atoms with Gasteiger partial charge in [0.25, 0.3) is 0 Å². The summed E-state index contributed by atoms with van der Waals surface area (Å²) in [6.45, 7) is 1.58. The highest BCUT2D eigenvalue weighted by Gasteiger charge is 2.30. The first kappa shape index (κ1) is 14.2. The molecule has 0 amide bonds. The Labute approximate surface area is 111 Å². The number of alkyl halides is 3. The molecule has 1 unspecified atom stereocenters. The molecule has 1 fully saturated rings. The topological polar surface area (TPSA) is 21.3 Å². The number of piperidine rings is 1. The molecular weight excluding hydrogens is 255 g/mol. The molecule has 2 nitrogen and oxygen atoms in total. The maximum atomic E-state index is 12.4. The molecule has 0 spiro atoms. The van der Waals surface area contributed by atoms with Crippen molar-refractivity contribution >= 4 is 0 Å². The standard InChI is InChI=1S/C14H18F3NO/c15-14(16,17)11-4-6-13(7-5-11)19-10-8-12-3-1-2-9-18-12/h4-7,12,18H,1-3,8-10H2. The van der Waals surface area contributed by atoms with Crippen molar-refractivity contribution in [2.75, 3.05) is 13.2 Å². The molecule has 1 aromatic rings. The number of halogens is 3. The van der Waals surface area contributed by atoms with E-state index in [4.69, 9.17) is 4.74 Å². The van der Waals surface area contributed by atoms with E-state index in [-0.39, 0.29) is 0 Å². The minimum atomic E-state index is -4.29. The van der Waals surface area contributed by atoms with Crippen molar-refractivity contribution in [1.82, 2.24) is 5.32 Å². The number of nitrogens with one attached hydrogen (secondary N) is 1. The molecule has 1 aliphatic heterocycles. The lowest BCUT2D eigenvalue weighted by Crippen LogP contribution is -2.35. The van der Waals surface area contributed by atoms with Crippen LogP contribution in [0.25, 0.3) is 0 Å². The fourth-order valence-corrected chi connectivity index (χ4v) is 2.23. The molecule has 0 bridgehead atoms. The van der Waals surface area contributed by atoms with Crippen LogP contribution in [0.2, 0.25) is 0 Å². The van der Waals surface area contributed by atoms with E-state index in [0.29, 0.717) is 18.4 Å². The van der Waals surface area contributed by atoms with Crippen molar-refractivity contribution < 1.29 is 17.9 Å². The summed E-state index contributed by atoms with van der Waals surface area (Å²) >= 11 is 0. The lowest BCUT2D eigenvalue weighted by Gasteiger charge is -2.23. The third-order valence-electron chi connectivity index (χ3n) is 3.33. The monoisotopic (exact) mass is 273 g/mol. The highest BCUT2D eigenvalue weighted by atomic mass is 19.4. The molecule has 1 heterocycles. The summed E-state index contributed by atoms with van der Waals surface area (Å²) in [7, 11) is 0. The Morgan fingerprint density at radius 1 is 1.16 bits per heavy atom. The third-order valence-corrected chi connectivity index (χ3v) is 3.33. The van der Waals surface area contributed by atoms with Gasteiger partial charge in [0, 0.05) is 6.04 Å². The van der Waals surface area contributed by atoms with Gasteiger partial charge in [-0.25, -0.2) is 0 Å². The van der Waals surface area contributed by atoms with Gasteiger partial charge in [0.15, 0.2) is 0 Å². The number of hydrogen-bond donors (Lipinski definition) is 1. The molecule has 19 heavy (non-hydrogen) atoms. The van der Waals surface area contributed by atoms with Crippen LogP contribution in [0, 0.1) is 0 Å². The summed E-state index contributed by atoms with van der Waals surface area (Å²) in [4.78, 5) is 0. The van der Waals surface area contributed by atoms with Gasteiger partial charge in [0.2, 0.25) is 0 Å². The van der Waals surface area contributed by atoms with Crippen molar-refractivity contribution in [3.63, 3.8) is 0 Å². The first-order valence-electron chi connectivity index (χ1n) is 6.59. The molecular formula is C14H18F3NO. The fourth-order valence-electron chi connectivity index (χ4n) is 2.23. The van der Waals surface area contributed by atoms with Crippen molar-refractivity contribution in [3.05, 3.63) is 29.8 Å².